The summed E-state index contributed by atoms with van der Waals surface area (Å²) in [5.74, 6) is -0.105. The quantitative estimate of drug-likeness (QED) is 0.730. The Kier molecular flexibility index (Phi) is 4.93. The molecule has 1 aliphatic heterocycles. The van der Waals surface area contributed by atoms with E-state index in [2.05, 4.69) is 0 Å². The van der Waals surface area contributed by atoms with E-state index >= 15 is 0 Å². The van der Waals surface area contributed by atoms with Crippen molar-refractivity contribution in [1.82, 2.24) is 4.90 Å². The van der Waals surface area contributed by atoms with Gasteiger partial charge in [-0.25, -0.2) is 4.79 Å². The highest BCUT2D eigenvalue weighted by Crippen LogP contribution is 2.20. The number of hydrogen-bond donors (Lipinski definition) is 1. The first kappa shape index (κ1) is 14.0. The highest BCUT2D eigenvalue weighted by molar-refractivity contribution is 5.85. The van der Waals surface area contributed by atoms with Gasteiger partial charge in [0, 0.05) is 19.0 Å². The second-order valence-electron chi connectivity index (χ2n) is 4.88. The third-order valence-corrected chi connectivity index (χ3v) is 3.31. The van der Waals surface area contributed by atoms with E-state index in [1.165, 1.54) is 7.11 Å². The van der Waals surface area contributed by atoms with Crippen molar-refractivity contribution < 1.29 is 14.3 Å². The Morgan fingerprint density at radius 3 is 2.65 bits per heavy atom. The molecule has 1 aliphatic rings. The third-order valence-electron chi connectivity index (χ3n) is 3.31. The highest BCUT2D eigenvalue weighted by atomic mass is 16.5. The number of rotatable bonds is 4. The summed E-state index contributed by atoms with van der Waals surface area (Å²) in [6, 6.07) is -0.562. The Labute approximate surface area is 102 Å². The van der Waals surface area contributed by atoms with E-state index in [1.54, 1.807) is 4.90 Å². The second-order valence-corrected chi connectivity index (χ2v) is 4.88. The van der Waals surface area contributed by atoms with Gasteiger partial charge in [0.05, 0.1) is 7.11 Å². The molecule has 1 rings (SSSR count). The summed E-state index contributed by atoms with van der Waals surface area (Å²) < 4.78 is 4.70. The van der Waals surface area contributed by atoms with Crippen LogP contribution in [-0.4, -0.2) is 42.5 Å². The maximum atomic E-state index is 12.0. The SMILES string of the molecule is COC(=O)C1CCCN1C(=O)CC(N)C(C)C. The number of amides is 1. The molecule has 5 nitrogen and oxygen atoms in total. The van der Waals surface area contributed by atoms with Crippen molar-refractivity contribution in [2.24, 2.45) is 11.7 Å². The minimum absolute atomic E-state index is 0.0425. The zero-order valence-corrected chi connectivity index (χ0v) is 10.8. The summed E-state index contributed by atoms with van der Waals surface area (Å²) in [5, 5.41) is 0. The summed E-state index contributed by atoms with van der Waals surface area (Å²) in [4.78, 5) is 25.1. The van der Waals surface area contributed by atoms with Crippen LogP contribution in [0.5, 0.6) is 0 Å². The fourth-order valence-corrected chi connectivity index (χ4v) is 2.00. The predicted octanol–water partition coefficient (Wildman–Crippen LogP) is 0.524. The topological polar surface area (TPSA) is 72.6 Å². The average molecular weight is 242 g/mol. The molecule has 0 radical (unpaired) electrons. The third kappa shape index (κ3) is 3.43. The van der Waals surface area contributed by atoms with E-state index in [-0.39, 0.29) is 23.8 Å². The van der Waals surface area contributed by atoms with Crippen LogP contribution in [0.4, 0.5) is 0 Å². The number of ether oxygens (including phenoxy) is 1. The average Bonchev–Trinajstić information content (AvgIpc) is 2.76. The molecule has 2 unspecified atom stereocenters. The summed E-state index contributed by atoms with van der Waals surface area (Å²) in [7, 11) is 1.35. The Morgan fingerprint density at radius 2 is 2.12 bits per heavy atom. The monoisotopic (exact) mass is 242 g/mol. The largest absolute Gasteiger partial charge is 0.467 e. The number of carbonyl (C=O) groups is 2. The number of methoxy groups -OCH3 is 1. The van der Waals surface area contributed by atoms with Crippen molar-refractivity contribution in [2.75, 3.05) is 13.7 Å². The van der Waals surface area contributed by atoms with Crippen LogP contribution in [0.1, 0.15) is 33.1 Å². The smallest absolute Gasteiger partial charge is 0.328 e. The molecule has 0 aromatic heterocycles. The standard InChI is InChI=1S/C12H22N2O3/c1-8(2)9(13)7-11(15)14-6-4-5-10(14)12(16)17-3/h8-10H,4-7,13H2,1-3H3. The fraction of sp³-hybridized carbons (Fsp3) is 0.833. The van der Waals surface area contributed by atoms with E-state index in [9.17, 15) is 9.59 Å². The fourth-order valence-electron chi connectivity index (χ4n) is 2.00. The van der Waals surface area contributed by atoms with E-state index in [0.717, 1.165) is 6.42 Å². The molecule has 1 heterocycles. The maximum absolute atomic E-state index is 12.0. The number of nitrogens with zero attached hydrogens (tertiary/aromatic N) is 1. The molecule has 0 aromatic rings. The second kappa shape index (κ2) is 6.00. The number of nitrogens with two attached hydrogens (primary N) is 1. The van der Waals surface area contributed by atoms with Gasteiger partial charge in [0.25, 0.3) is 0 Å². The van der Waals surface area contributed by atoms with Crippen LogP contribution in [0.15, 0.2) is 0 Å². The molecule has 0 spiro atoms. The van der Waals surface area contributed by atoms with Gasteiger partial charge >= 0.3 is 5.97 Å². The molecule has 17 heavy (non-hydrogen) atoms. The van der Waals surface area contributed by atoms with Crippen molar-refractivity contribution in [3.63, 3.8) is 0 Å². The predicted molar refractivity (Wildman–Crippen MR) is 64.2 cm³/mol. The maximum Gasteiger partial charge on any atom is 0.328 e. The number of likely N-dealkylation sites (tertiary alicyclic amines) is 1. The number of esters is 1. The molecular formula is C12H22N2O3. The van der Waals surface area contributed by atoms with Crippen LogP contribution in [0, 0.1) is 5.92 Å². The first-order chi connectivity index (χ1) is 7.97. The van der Waals surface area contributed by atoms with Crippen molar-refractivity contribution in [1.29, 1.82) is 0 Å². The first-order valence-electron chi connectivity index (χ1n) is 6.10. The lowest BCUT2D eigenvalue weighted by Crippen LogP contribution is -2.44. The molecule has 98 valence electrons. The van der Waals surface area contributed by atoms with Gasteiger partial charge in [-0.15, -0.1) is 0 Å². The lowest BCUT2D eigenvalue weighted by atomic mass is 10.0. The van der Waals surface area contributed by atoms with Crippen LogP contribution < -0.4 is 5.73 Å². The molecule has 0 aliphatic carbocycles. The van der Waals surface area contributed by atoms with Crippen molar-refractivity contribution in [3.05, 3.63) is 0 Å². The molecule has 0 bridgehead atoms. The molecule has 2 N–H and O–H groups in total. The van der Waals surface area contributed by atoms with Crippen molar-refractivity contribution in [2.45, 2.75) is 45.2 Å². The van der Waals surface area contributed by atoms with Crippen LogP contribution in [0.25, 0.3) is 0 Å². The van der Waals surface area contributed by atoms with E-state index in [1.807, 2.05) is 13.8 Å². The first-order valence-corrected chi connectivity index (χ1v) is 6.10. The van der Waals surface area contributed by atoms with Crippen LogP contribution in [0.2, 0.25) is 0 Å². The molecular weight excluding hydrogens is 220 g/mol. The minimum Gasteiger partial charge on any atom is -0.467 e. The number of hydrogen-bond acceptors (Lipinski definition) is 4. The summed E-state index contributed by atoms with van der Waals surface area (Å²) in [6.07, 6.45) is 1.84. The Balaban J connectivity index is 2.59. The molecule has 0 aromatic carbocycles. The summed E-state index contributed by atoms with van der Waals surface area (Å²) in [5.41, 5.74) is 5.88. The summed E-state index contributed by atoms with van der Waals surface area (Å²) >= 11 is 0. The van der Waals surface area contributed by atoms with Gasteiger partial charge in [0.1, 0.15) is 6.04 Å². The van der Waals surface area contributed by atoms with Gasteiger partial charge in [-0.2, -0.15) is 0 Å². The van der Waals surface area contributed by atoms with Crippen LogP contribution in [-0.2, 0) is 14.3 Å². The van der Waals surface area contributed by atoms with Crippen LogP contribution in [0.3, 0.4) is 0 Å². The Morgan fingerprint density at radius 1 is 1.47 bits per heavy atom. The van der Waals surface area contributed by atoms with Gasteiger partial charge in [-0.1, -0.05) is 13.8 Å². The Hall–Kier alpha value is -1.10. The zero-order chi connectivity index (χ0) is 13.0. The van der Waals surface area contributed by atoms with Gasteiger partial charge in [0.15, 0.2) is 0 Å². The van der Waals surface area contributed by atoms with Gasteiger partial charge < -0.3 is 15.4 Å². The number of carbonyl (C=O) groups excluding carboxylic acids is 2. The van der Waals surface area contributed by atoms with Crippen molar-refractivity contribution in [3.8, 4) is 0 Å². The molecule has 1 saturated heterocycles. The van der Waals surface area contributed by atoms with Crippen molar-refractivity contribution >= 4 is 11.9 Å². The van der Waals surface area contributed by atoms with Gasteiger partial charge in [-0.05, 0) is 18.8 Å². The van der Waals surface area contributed by atoms with Crippen LogP contribution >= 0.6 is 0 Å². The minimum atomic E-state index is -0.410. The van der Waals surface area contributed by atoms with E-state index in [0.29, 0.717) is 19.4 Å². The molecule has 1 amide bonds. The van der Waals surface area contributed by atoms with Gasteiger partial charge in [0.2, 0.25) is 5.91 Å². The normalized spacial score (nSPS) is 21.7. The lowest BCUT2D eigenvalue weighted by molar-refractivity contribution is -0.151. The summed E-state index contributed by atoms with van der Waals surface area (Å²) in [6.45, 7) is 4.60. The molecule has 2 atom stereocenters. The zero-order valence-electron chi connectivity index (χ0n) is 10.8. The molecule has 0 saturated carbocycles. The van der Waals surface area contributed by atoms with E-state index < -0.39 is 6.04 Å². The highest BCUT2D eigenvalue weighted by Gasteiger charge is 2.35. The van der Waals surface area contributed by atoms with E-state index in [4.69, 9.17) is 10.5 Å². The molecule has 5 heteroatoms. The van der Waals surface area contributed by atoms with Gasteiger partial charge in [-0.3, -0.25) is 4.79 Å². The molecule has 1 fully saturated rings. The lowest BCUT2D eigenvalue weighted by Gasteiger charge is -2.25. The Bertz CT molecular complexity index is 291.